The summed E-state index contributed by atoms with van der Waals surface area (Å²) >= 11 is 5.71. The Labute approximate surface area is 209 Å². The van der Waals surface area contributed by atoms with Crippen molar-refractivity contribution in [1.29, 1.82) is 0 Å². The van der Waals surface area contributed by atoms with Crippen LogP contribution in [0.5, 0.6) is 0 Å². The summed E-state index contributed by atoms with van der Waals surface area (Å²) in [5.74, 6) is 0.614. The summed E-state index contributed by atoms with van der Waals surface area (Å²) in [6, 6.07) is 9.06. The number of aromatic amines is 1. The Kier molecular flexibility index (Phi) is 5.88. The summed E-state index contributed by atoms with van der Waals surface area (Å²) in [5, 5.41) is 6.11. The van der Waals surface area contributed by atoms with Gasteiger partial charge in [-0.1, -0.05) is 29.8 Å². The Bertz CT molecular complexity index is 1460. The molecule has 2 atom stereocenters. The summed E-state index contributed by atoms with van der Waals surface area (Å²) in [5.41, 5.74) is 13.2. The third kappa shape index (κ3) is 4.06. The highest BCUT2D eigenvalue weighted by atomic mass is 35.5. The number of halogens is 4. The SMILES string of the molecule is NC1=Nc2[nH]ncc2C(N)N1C1CCN(S(=O)(=O)c2ccc(Cl)c(C(F)(F)F)c2)c2ccccc2C1. The zero-order valence-corrected chi connectivity index (χ0v) is 20.1. The largest absolute Gasteiger partial charge is 0.417 e. The Morgan fingerprint density at radius 2 is 1.92 bits per heavy atom. The number of sulfonamides is 1. The molecule has 3 heterocycles. The van der Waals surface area contributed by atoms with Crippen LogP contribution in [-0.4, -0.2) is 42.1 Å². The van der Waals surface area contributed by atoms with Gasteiger partial charge in [0.25, 0.3) is 10.0 Å². The summed E-state index contributed by atoms with van der Waals surface area (Å²) in [7, 11) is -4.37. The van der Waals surface area contributed by atoms with Gasteiger partial charge in [-0.15, -0.1) is 0 Å². The average Bonchev–Trinajstić information content (AvgIpc) is 3.19. The summed E-state index contributed by atoms with van der Waals surface area (Å²) in [4.78, 5) is 5.54. The third-order valence-electron chi connectivity index (χ3n) is 6.36. The number of alkyl halides is 3. The minimum Gasteiger partial charge on any atom is -0.369 e. The summed E-state index contributed by atoms with van der Waals surface area (Å²) in [6.45, 7) is -0.0251. The van der Waals surface area contributed by atoms with Crippen molar-refractivity contribution in [1.82, 2.24) is 15.1 Å². The van der Waals surface area contributed by atoms with Gasteiger partial charge in [0.15, 0.2) is 11.8 Å². The molecule has 2 aliphatic heterocycles. The lowest BCUT2D eigenvalue weighted by molar-refractivity contribution is -0.137. The Morgan fingerprint density at radius 1 is 1.17 bits per heavy atom. The van der Waals surface area contributed by atoms with Gasteiger partial charge in [0.1, 0.15) is 6.17 Å². The van der Waals surface area contributed by atoms with Crippen LogP contribution in [-0.2, 0) is 22.6 Å². The zero-order valence-electron chi connectivity index (χ0n) is 18.6. The number of guanidine groups is 1. The fraction of sp³-hybridized carbons (Fsp3) is 0.273. The average molecular weight is 540 g/mol. The molecule has 5 rings (SSSR count). The number of hydrogen-bond acceptors (Lipinski definition) is 7. The van der Waals surface area contributed by atoms with E-state index >= 15 is 0 Å². The predicted molar refractivity (Wildman–Crippen MR) is 128 cm³/mol. The van der Waals surface area contributed by atoms with Gasteiger partial charge in [-0.05, 0) is 42.7 Å². The molecule has 0 saturated carbocycles. The van der Waals surface area contributed by atoms with E-state index in [-0.39, 0.29) is 25.0 Å². The first-order chi connectivity index (χ1) is 17.0. The highest BCUT2D eigenvalue weighted by Crippen LogP contribution is 2.39. The van der Waals surface area contributed by atoms with Gasteiger partial charge in [-0.3, -0.25) is 9.40 Å². The molecular weight excluding hydrogens is 519 g/mol. The predicted octanol–water partition coefficient (Wildman–Crippen LogP) is 3.51. The molecule has 190 valence electrons. The molecular formula is C22H21ClF3N7O2S. The van der Waals surface area contributed by atoms with E-state index in [9.17, 15) is 21.6 Å². The van der Waals surface area contributed by atoms with Crippen molar-refractivity contribution in [3.8, 4) is 0 Å². The normalized spacial score (nSPS) is 20.4. The molecule has 0 aliphatic carbocycles. The monoisotopic (exact) mass is 539 g/mol. The van der Waals surface area contributed by atoms with E-state index < -0.39 is 37.8 Å². The number of benzene rings is 2. The Balaban J connectivity index is 1.53. The molecule has 3 aromatic rings. The second-order valence-corrected chi connectivity index (χ2v) is 10.8. The summed E-state index contributed by atoms with van der Waals surface area (Å²) in [6.07, 6.45) is -3.25. The standard InChI is InChI=1S/C22H21ClF3N7O2S/c23-17-6-5-14(10-16(17)22(24,25)26)36(34,35)32-8-7-13(9-12-3-1-2-4-18(12)32)33-19(27)15-11-29-31-20(15)30-21(33)28/h1-6,10-11,13,19H,7-9,27H2,(H3,28,29,30,31). The fourth-order valence-corrected chi connectivity index (χ4v) is 6.41. The second-order valence-electron chi connectivity index (χ2n) is 8.49. The number of nitrogens with zero attached hydrogens (tertiary/aromatic N) is 4. The number of rotatable bonds is 3. The fourth-order valence-electron chi connectivity index (χ4n) is 4.64. The number of H-pyrrole nitrogens is 1. The number of para-hydroxylation sites is 1. The van der Waals surface area contributed by atoms with E-state index in [1.807, 2.05) is 0 Å². The first kappa shape index (κ1) is 24.4. The van der Waals surface area contributed by atoms with Crippen LogP contribution in [0.25, 0.3) is 0 Å². The number of aliphatic imine (C=N–C) groups is 1. The van der Waals surface area contributed by atoms with Gasteiger partial charge in [0.2, 0.25) is 0 Å². The quantitative estimate of drug-likeness (QED) is 0.466. The van der Waals surface area contributed by atoms with Crippen molar-refractivity contribution in [2.45, 2.75) is 36.1 Å². The van der Waals surface area contributed by atoms with Gasteiger partial charge in [-0.2, -0.15) is 23.3 Å². The maximum Gasteiger partial charge on any atom is 0.417 e. The number of fused-ring (bicyclic) bond motifs is 2. The third-order valence-corrected chi connectivity index (χ3v) is 8.50. The van der Waals surface area contributed by atoms with Crippen LogP contribution >= 0.6 is 11.6 Å². The lowest BCUT2D eigenvalue weighted by Gasteiger charge is -2.38. The van der Waals surface area contributed by atoms with Crippen LogP contribution in [0, 0.1) is 0 Å². The topological polar surface area (TPSA) is 134 Å². The molecule has 5 N–H and O–H groups in total. The molecule has 0 radical (unpaired) electrons. The molecule has 0 spiro atoms. The van der Waals surface area contributed by atoms with Gasteiger partial charge in [0, 0.05) is 12.6 Å². The number of aromatic nitrogens is 2. The number of nitrogens with one attached hydrogen (secondary N) is 1. The summed E-state index contributed by atoms with van der Waals surface area (Å²) < 4.78 is 68.7. The van der Waals surface area contributed by atoms with E-state index in [0.717, 1.165) is 16.4 Å². The Morgan fingerprint density at radius 3 is 2.67 bits per heavy atom. The van der Waals surface area contributed by atoms with Crippen LogP contribution in [0.3, 0.4) is 0 Å². The lowest BCUT2D eigenvalue weighted by Crippen LogP contribution is -2.52. The van der Waals surface area contributed by atoms with Crippen LogP contribution in [0.4, 0.5) is 24.7 Å². The molecule has 36 heavy (non-hydrogen) atoms. The van der Waals surface area contributed by atoms with Crippen LogP contribution in [0.2, 0.25) is 5.02 Å². The molecule has 2 unspecified atom stereocenters. The smallest absolute Gasteiger partial charge is 0.369 e. The van der Waals surface area contributed by atoms with Crippen molar-refractivity contribution in [3.63, 3.8) is 0 Å². The zero-order chi connectivity index (χ0) is 25.8. The molecule has 2 aromatic carbocycles. The maximum atomic E-state index is 13.7. The van der Waals surface area contributed by atoms with Crippen molar-refractivity contribution < 1.29 is 21.6 Å². The first-order valence-corrected chi connectivity index (χ1v) is 12.7. The van der Waals surface area contributed by atoms with Crippen molar-refractivity contribution in [3.05, 3.63) is 70.4 Å². The minimum absolute atomic E-state index is 0.0251. The Hall–Kier alpha value is -3.29. The minimum atomic E-state index is -4.81. The van der Waals surface area contributed by atoms with Gasteiger partial charge in [0.05, 0.1) is 32.9 Å². The first-order valence-electron chi connectivity index (χ1n) is 10.9. The molecule has 0 amide bonds. The highest BCUT2D eigenvalue weighted by Gasteiger charge is 2.39. The molecule has 0 saturated heterocycles. The second kappa shape index (κ2) is 8.68. The van der Waals surface area contributed by atoms with Gasteiger partial charge in [-0.25, -0.2) is 8.42 Å². The molecule has 9 nitrogen and oxygen atoms in total. The van der Waals surface area contributed by atoms with Crippen LogP contribution in [0.15, 0.2) is 58.5 Å². The molecule has 0 bridgehead atoms. The molecule has 14 heteroatoms. The van der Waals surface area contributed by atoms with E-state index in [0.29, 0.717) is 35.1 Å². The van der Waals surface area contributed by atoms with Crippen molar-refractivity contribution >= 4 is 39.1 Å². The van der Waals surface area contributed by atoms with E-state index in [1.54, 1.807) is 35.4 Å². The van der Waals surface area contributed by atoms with Crippen molar-refractivity contribution in [2.24, 2.45) is 16.5 Å². The van der Waals surface area contributed by atoms with Crippen molar-refractivity contribution in [2.75, 3.05) is 10.8 Å². The molecule has 2 aliphatic rings. The van der Waals surface area contributed by atoms with E-state index in [1.165, 1.54) is 0 Å². The highest BCUT2D eigenvalue weighted by molar-refractivity contribution is 7.92. The van der Waals surface area contributed by atoms with Crippen LogP contribution < -0.4 is 15.8 Å². The van der Waals surface area contributed by atoms with E-state index in [2.05, 4.69) is 15.2 Å². The molecule has 1 aromatic heterocycles. The maximum absolute atomic E-state index is 13.7. The van der Waals surface area contributed by atoms with E-state index in [4.69, 9.17) is 23.1 Å². The van der Waals surface area contributed by atoms with Gasteiger partial charge < -0.3 is 16.4 Å². The lowest BCUT2D eigenvalue weighted by atomic mass is 10.0. The number of nitrogens with two attached hydrogens (primary N) is 2. The molecule has 0 fully saturated rings. The number of hydrogen-bond donors (Lipinski definition) is 3. The van der Waals surface area contributed by atoms with Crippen LogP contribution in [0.1, 0.15) is 29.3 Å². The number of anilines is 1. The van der Waals surface area contributed by atoms with Gasteiger partial charge >= 0.3 is 6.18 Å².